The van der Waals surface area contributed by atoms with E-state index in [-0.39, 0.29) is 0 Å². The highest BCUT2D eigenvalue weighted by Gasteiger charge is 2.23. The first kappa shape index (κ1) is 17.1. The van der Waals surface area contributed by atoms with E-state index in [4.69, 9.17) is 5.73 Å². The molecule has 1 aromatic carbocycles. The second-order valence-electron chi connectivity index (χ2n) is 5.13. The fourth-order valence-corrected chi connectivity index (χ4v) is 3.39. The van der Waals surface area contributed by atoms with E-state index in [1.165, 1.54) is 4.31 Å². The summed E-state index contributed by atoms with van der Waals surface area (Å²) < 4.78 is 26.7. The van der Waals surface area contributed by atoms with E-state index in [2.05, 4.69) is 0 Å². The van der Waals surface area contributed by atoms with Crippen LogP contribution in [0.5, 0.6) is 0 Å². The Balaban J connectivity index is 3.13. The van der Waals surface area contributed by atoms with Crippen LogP contribution >= 0.6 is 0 Å². The average molecular weight is 299 g/mol. The molecule has 20 heavy (non-hydrogen) atoms. The molecular weight excluding hydrogens is 274 g/mol. The van der Waals surface area contributed by atoms with Crippen molar-refractivity contribution in [3.8, 4) is 0 Å². The molecule has 0 aliphatic rings. The van der Waals surface area contributed by atoms with Crippen LogP contribution in [0.25, 0.3) is 0 Å². The zero-order chi connectivity index (χ0) is 15.3. The molecule has 0 aliphatic carbocycles. The summed E-state index contributed by atoms with van der Waals surface area (Å²) in [6, 6.07) is 5.44. The van der Waals surface area contributed by atoms with Crippen molar-refractivity contribution in [1.82, 2.24) is 9.21 Å². The molecule has 0 aromatic heterocycles. The molecule has 0 spiro atoms. The molecule has 0 unspecified atom stereocenters. The molecule has 0 bridgehead atoms. The molecular formula is C14H25N3O2S. The summed E-state index contributed by atoms with van der Waals surface area (Å²) in [5.74, 6) is 0. The van der Waals surface area contributed by atoms with Gasteiger partial charge in [0.1, 0.15) is 0 Å². The zero-order valence-electron chi connectivity index (χ0n) is 12.8. The number of hydrogen-bond donors (Lipinski definition) is 1. The Kier molecular flexibility index (Phi) is 6.13. The van der Waals surface area contributed by atoms with E-state index in [1.807, 2.05) is 38.1 Å². The molecule has 0 radical (unpaired) electrons. The Morgan fingerprint density at radius 2 is 1.80 bits per heavy atom. The van der Waals surface area contributed by atoms with Crippen LogP contribution in [0.3, 0.4) is 0 Å². The first-order chi connectivity index (χ1) is 9.32. The zero-order valence-corrected chi connectivity index (χ0v) is 13.6. The molecule has 0 fully saturated rings. The summed E-state index contributed by atoms with van der Waals surface area (Å²) in [4.78, 5) is 2.34. The molecule has 6 heteroatoms. The van der Waals surface area contributed by atoms with Gasteiger partial charge in [-0.15, -0.1) is 0 Å². The lowest BCUT2D eigenvalue weighted by atomic mass is 10.1. The molecule has 0 saturated carbocycles. The molecule has 1 aromatic rings. The van der Waals surface area contributed by atoms with Crippen molar-refractivity contribution in [3.63, 3.8) is 0 Å². The lowest BCUT2D eigenvalue weighted by molar-refractivity contribution is 0.358. The Hall–Kier alpha value is -0.950. The van der Waals surface area contributed by atoms with Crippen LogP contribution in [0.15, 0.2) is 23.1 Å². The van der Waals surface area contributed by atoms with Crippen molar-refractivity contribution in [2.45, 2.75) is 24.8 Å². The maximum Gasteiger partial charge on any atom is 0.243 e. The van der Waals surface area contributed by atoms with Gasteiger partial charge in [0.25, 0.3) is 0 Å². The molecule has 0 atom stereocenters. The number of rotatable bonds is 7. The minimum atomic E-state index is -3.46. The normalized spacial score (nSPS) is 12.3. The van der Waals surface area contributed by atoms with Gasteiger partial charge in [-0.25, -0.2) is 8.42 Å². The van der Waals surface area contributed by atoms with Gasteiger partial charge in [0, 0.05) is 26.7 Å². The first-order valence-electron chi connectivity index (χ1n) is 6.75. The largest absolute Gasteiger partial charge is 0.326 e. The second-order valence-corrected chi connectivity index (χ2v) is 7.14. The summed E-state index contributed by atoms with van der Waals surface area (Å²) in [6.07, 6.45) is 0.681. The van der Waals surface area contributed by atoms with Gasteiger partial charge < -0.3 is 10.6 Å². The predicted molar refractivity (Wildman–Crippen MR) is 82.1 cm³/mol. The molecule has 0 saturated heterocycles. The fraction of sp³-hybridized carbons (Fsp3) is 0.571. The van der Waals surface area contributed by atoms with Crippen molar-refractivity contribution in [2.75, 3.05) is 34.2 Å². The van der Waals surface area contributed by atoms with Crippen LogP contribution in [0.1, 0.15) is 18.1 Å². The smallest absolute Gasteiger partial charge is 0.243 e. The highest BCUT2D eigenvalue weighted by atomic mass is 32.2. The monoisotopic (exact) mass is 299 g/mol. The molecule has 0 aliphatic heterocycles. The van der Waals surface area contributed by atoms with Gasteiger partial charge in [0.15, 0.2) is 0 Å². The SMILES string of the molecule is CCc1ccc(CN)cc1S(=O)(=O)N(C)CCN(C)C. The number of benzene rings is 1. The maximum absolute atomic E-state index is 12.7. The van der Waals surface area contributed by atoms with Crippen LogP contribution in [0.4, 0.5) is 0 Å². The van der Waals surface area contributed by atoms with Gasteiger partial charge in [-0.1, -0.05) is 19.1 Å². The maximum atomic E-state index is 12.7. The van der Waals surface area contributed by atoms with Crippen LogP contribution in [-0.2, 0) is 23.0 Å². The highest BCUT2D eigenvalue weighted by molar-refractivity contribution is 7.89. The molecule has 1 rings (SSSR count). The van der Waals surface area contributed by atoms with Crippen LogP contribution in [-0.4, -0.2) is 51.9 Å². The minimum Gasteiger partial charge on any atom is -0.326 e. The van der Waals surface area contributed by atoms with Gasteiger partial charge in [-0.3, -0.25) is 0 Å². The molecule has 5 nitrogen and oxygen atoms in total. The molecule has 0 amide bonds. The average Bonchev–Trinajstić information content (AvgIpc) is 2.43. The Morgan fingerprint density at radius 1 is 1.15 bits per heavy atom. The van der Waals surface area contributed by atoms with Crippen LogP contribution in [0, 0.1) is 0 Å². The summed E-state index contributed by atoms with van der Waals surface area (Å²) in [6.45, 7) is 3.45. The van der Waals surface area contributed by atoms with Crippen molar-refractivity contribution in [3.05, 3.63) is 29.3 Å². The van der Waals surface area contributed by atoms with Crippen molar-refractivity contribution < 1.29 is 8.42 Å². The summed E-state index contributed by atoms with van der Waals surface area (Å²) in [5, 5.41) is 0. The minimum absolute atomic E-state index is 0.341. The van der Waals surface area contributed by atoms with Gasteiger partial charge in [-0.2, -0.15) is 4.31 Å². The third-order valence-corrected chi connectivity index (χ3v) is 5.24. The third-order valence-electron chi connectivity index (χ3n) is 3.30. The Bertz CT molecular complexity index is 541. The first-order valence-corrected chi connectivity index (χ1v) is 8.19. The topological polar surface area (TPSA) is 66.6 Å². The standard InChI is InChI=1S/C14H25N3O2S/c1-5-13-7-6-12(11-15)10-14(13)20(18,19)17(4)9-8-16(2)3/h6-7,10H,5,8-9,11,15H2,1-4H3. The number of sulfonamides is 1. The molecule has 0 heterocycles. The molecule has 2 N–H and O–H groups in total. The second kappa shape index (κ2) is 7.17. The Morgan fingerprint density at radius 3 is 2.30 bits per heavy atom. The van der Waals surface area contributed by atoms with E-state index in [1.54, 1.807) is 13.1 Å². The summed E-state index contributed by atoms with van der Waals surface area (Å²) >= 11 is 0. The van der Waals surface area contributed by atoms with E-state index >= 15 is 0 Å². The van der Waals surface area contributed by atoms with E-state index in [0.717, 1.165) is 11.1 Å². The van der Waals surface area contributed by atoms with Gasteiger partial charge >= 0.3 is 0 Å². The van der Waals surface area contributed by atoms with E-state index < -0.39 is 10.0 Å². The van der Waals surface area contributed by atoms with Crippen molar-refractivity contribution in [2.24, 2.45) is 5.73 Å². The number of nitrogens with two attached hydrogens (primary N) is 1. The lowest BCUT2D eigenvalue weighted by Crippen LogP contribution is -2.34. The Labute approximate surface area is 122 Å². The van der Waals surface area contributed by atoms with Crippen molar-refractivity contribution >= 4 is 10.0 Å². The number of hydrogen-bond acceptors (Lipinski definition) is 4. The third kappa shape index (κ3) is 4.02. The molecule has 114 valence electrons. The van der Waals surface area contributed by atoms with Gasteiger partial charge in [0.05, 0.1) is 4.90 Å². The fourth-order valence-electron chi connectivity index (χ4n) is 1.89. The highest BCUT2D eigenvalue weighted by Crippen LogP contribution is 2.21. The number of likely N-dealkylation sites (N-methyl/N-ethyl adjacent to an activating group) is 2. The van der Waals surface area contributed by atoms with Gasteiger partial charge in [0.2, 0.25) is 10.0 Å². The quantitative estimate of drug-likeness (QED) is 0.812. The van der Waals surface area contributed by atoms with Crippen LogP contribution < -0.4 is 5.73 Å². The van der Waals surface area contributed by atoms with Crippen LogP contribution in [0.2, 0.25) is 0 Å². The summed E-state index contributed by atoms with van der Waals surface area (Å²) in [7, 11) is 2.01. The van der Waals surface area contributed by atoms with Crippen molar-refractivity contribution in [1.29, 1.82) is 0 Å². The number of nitrogens with zero attached hydrogens (tertiary/aromatic N) is 2. The predicted octanol–water partition coefficient (Wildman–Crippen LogP) is 0.890. The van der Waals surface area contributed by atoms with E-state index in [9.17, 15) is 8.42 Å². The lowest BCUT2D eigenvalue weighted by Gasteiger charge is -2.21. The van der Waals surface area contributed by atoms with Gasteiger partial charge in [-0.05, 0) is 37.7 Å². The number of aryl methyl sites for hydroxylation is 1. The van der Waals surface area contributed by atoms with E-state index in [0.29, 0.717) is 31.0 Å². The summed E-state index contributed by atoms with van der Waals surface area (Å²) in [5.41, 5.74) is 7.28.